The van der Waals surface area contributed by atoms with Crippen molar-refractivity contribution in [1.82, 2.24) is 0 Å². The van der Waals surface area contributed by atoms with Crippen LogP contribution in [0.15, 0.2) is 22.7 Å². The molecule has 1 aromatic rings. The maximum absolute atomic E-state index is 11.0. The molecule has 0 spiro atoms. The zero-order valence-electron chi connectivity index (χ0n) is 8.11. The Hall–Kier alpha value is -0.845. The van der Waals surface area contributed by atoms with E-state index in [0.29, 0.717) is 9.94 Å². The fraction of sp³-hybridized carbons (Fsp3) is 0.222. The molecule has 0 aliphatic carbocycles. The molecule has 80 valence electrons. The molecule has 0 atom stereocenters. The van der Waals surface area contributed by atoms with Gasteiger partial charge in [0.1, 0.15) is 0 Å². The van der Waals surface area contributed by atoms with E-state index in [1.807, 2.05) is 0 Å². The quantitative estimate of drug-likeness (QED) is 0.593. The SMILES string of the molecule is COC(=O)Cc1ccc(B(O)O)cc1Br. The van der Waals surface area contributed by atoms with Crippen LogP contribution < -0.4 is 5.46 Å². The number of carbonyl (C=O) groups is 1. The summed E-state index contributed by atoms with van der Waals surface area (Å²) in [6, 6.07) is 4.76. The number of benzene rings is 1. The first kappa shape index (κ1) is 12.2. The Morgan fingerprint density at radius 1 is 1.53 bits per heavy atom. The van der Waals surface area contributed by atoms with Crippen LogP contribution in [0.2, 0.25) is 0 Å². The Morgan fingerprint density at radius 2 is 2.20 bits per heavy atom. The molecule has 0 saturated carbocycles. The largest absolute Gasteiger partial charge is 0.488 e. The molecule has 4 nitrogen and oxygen atoms in total. The monoisotopic (exact) mass is 272 g/mol. The zero-order chi connectivity index (χ0) is 11.4. The molecule has 0 aromatic heterocycles. The van der Waals surface area contributed by atoms with Crippen molar-refractivity contribution in [3.8, 4) is 0 Å². The first-order valence-electron chi connectivity index (χ1n) is 4.26. The number of hydrogen-bond donors (Lipinski definition) is 2. The van der Waals surface area contributed by atoms with Crippen molar-refractivity contribution in [2.45, 2.75) is 6.42 Å². The van der Waals surface area contributed by atoms with E-state index in [9.17, 15) is 4.79 Å². The summed E-state index contributed by atoms with van der Waals surface area (Å²) in [7, 11) is -0.185. The highest BCUT2D eigenvalue weighted by atomic mass is 79.9. The van der Waals surface area contributed by atoms with Gasteiger partial charge in [0.15, 0.2) is 0 Å². The van der Waals surface area contributed by atoms with Crippen molar-refractivity contribution in [1.29, 1.82) is 0 Å². The van der Waals surface area contributed by atoms with Gasteiger partial charge in [-0.1, -0.05) is 28.1 Å². The summed E-state index contributed by atoms with van der Waals surface area (Å²) in [4.78, 5) is 11.0. The van der Waals surface area contributed by atoms with E-state index in [0.717, 1.165) is 5.56 Å². The highest BCUT2D eigenvalue weighted by Gasteiger charge is 2.13. The van der Waals surface area contributed by atoms with Crippen LogP contribution in [0.4, 0.5) is 0 Å². The standard InChI is InChI=1S/C9H10BBrO4/c1-15-9(12)4-6-2-3-7(10(13)14)5-8(6)11/h2-3,5,13-14H,4H2,1H3. The van der Waals surface area contributed by atoms with Crippen molar-refractivity contribution in [2.24, 2.45) is 0 Å². The molecule has 0 saturated heterocycles. The molecule has 2 N–H and O–H groups in total. The summed E-state index contributed by atoms with van der Waals surface area (Å²) < 4.78 is 5.18. The van der Waals surface area contributed by atoms with Gasteiger partial charge in [0.25, 0.3) is 0 Å². The van der Waals surface area contributed by atoms with Gasteiger partial charge in [-0.25, -0.2) is 0 Å². The van der Waals surface area contributed by atoms with Crippen LogP contribution in [0.3, 0.4) is 0 Å². The average molecular weight is 273 g/mol. The number of hydrogen-bond acceptors (Lipinski definition) is 4. The molecule has 6 heteroatoms. The van der Waals surface area contributed by atoms with E-state index in [2.05, 4.69) is 20.7 Å². The predicted molar refractivity (Wildman–Crippen MR) is 59.7 cm³/mol. The molecule has 1 aromatic carbocycles. The first-order chi connectivity index (χ1) is 7.04. The van der Waals surface area contributed by atoms with E-state index in [1.165, 1.54) is 7.11 Å². The van der Waals surface area contributed by atoms with E-state index in [1.54, 1.807) is 18.2 Å². The van der Waals surface area contributed by atoms with Gasteiger partial charge < -0.3 is 14.8 Å². The summed E-state index contributed by atoms with van der Waals surface area (Å²) in [6.45, 7) is 0. The minimum absolute atomic E-state index is 0.152. The lowest BCUT2D eigenvalue weighted by Gasteiger charge is -2.05. The lowest BCUT2D eigenvalue weighted by atomic mass is 9.80. The van der Waals surface area contributed by atoms with Crippen LogP contribution >= 0.6 is 15.9 Å². The molecule has 1 rings (SSSR count). The lowest BCUT2D eigenvalue weighted by Crippen LogP contribution is -2.29. The fourth-order valence-corrected chi connectivity index (χ4v) is 1.63. The Labute approximate surface area is 96.1 Å². The average Bonchev–Trinajstić information content (AvgIpc) is 2.20. The third-order valence-electron chi connectivity index (χ3n) is 1.94. The first-order valence-corrected chi connectivity index (χ1v) is 5.05. The third-order valence-corrected chi connectivity index (χ3v) is 2.68. The number of rotatable bonds is 3. The number of esters is 1. The summed E-state index contributed by atoms with van der Waals surface area (Å²) in [6.07, 6.45) is 0.152. The number of ether oxygens (including phenoxy) is 1. The van der Waals surface area contributed by atoms with Gasteiger partial charge in [0, 0.05) is 4.47 Å². The lowest BCUT2D eigenvalue weighted by molar-refractivity contribution is -0.139. The summed E-state index contributed by atoms with van der Waals surface area (Å²) in [5.41, 5.74) is 1.11. The molecule has 0 amide bonds. The fourth-order valence-electron chi connectivity index (χ4n) is 1.10. The number of methoxy groups -OCH3 is 1. The number of halogens is 1. The van der Waals surface area contributed by atoms with Crippen molar-refractivity contribution >= 4 is 34.5 Å². The predicted octanol–water partition coefficient (Wildman–Crippen LogP) is -0.156. The Bertz CT molecular complexity index is 367. The summed E-state index contributed by atoms with van der Waals surface area (Å²) >= 11 is 3.24. The van der Waals surface area contributed by atoms with Gasteiger partial charge in [-0.2, -0.15) is 0 Å². The van der Waals surface area contributed by atoms with Gasteiger partial charge in [0.05, 0.1) is 13.5 Å². The van der Waals surface area contributed by atoms with Crippen LogP contribution in [0.25, 0.3) is 0 Å². The van der Waals surface area contributed by atoms with Crippen LogP contribution in [0.1, 0.15) is 5.56 Å². The second-order valence-electron chi connectivity index (χ2n) is 2.98. The maximum Gasteiger partial charge on any atom is 0.488 e. The van der Waals surface area contributed by atoms with Crippen molar-refractivity contribution in [3.05, 3.63) is 28.2 Å². The van der Waals surface area contributed by atoms with Crippen LogP contribution in [0.5, 0.6) is 0 Å². The van der Waals surface area contributed by atoms with E-state index < -0.39 is 7.12 Å². The third kappa shape index (κ3) is 3.33. The molecule has 0 radical (unpaired) electrons. The Morgan fingerprint density at radius 3 is 2.67 bits per heavy atom. The van der Waals surface area contributed by atoms with Gasteiger partial charge in [-0.3, -0.25) is 4.79 Å². The van der Waals surface area contributed by atoms with Gasteiger partial charge in [0.2, 0.25) is 0 Å². The Kier molecular flexibility index (Phi) is 4.32. The topological polar surface area (TPSA) is 66.8 Å². The highest BCUT2D eigenvalue weighted by Crippen LogP contribution is 2.15. The molecular weight excluding hydrogens is 263 g/mol. The summed E-state index contributed by atoms with van der Waals surface area (Å²) in [5.74, 6) is -0.340. The van der Waals surface area contributed by atoms with Crippen LogP contribution in [-0.4, -0.2) is 30.2 Å². The van der Waals surface area contributed by atoms with Crippen LogP contribution in [0, 0.1) is 0 Å². The molecule has 0 aliphatic rings. The second kappa shape index (κ2) is 5.30. The second-order valence-corrected chi connectivity index (χ2v) is 3.83. The van der Waals surface area contributed by atoms with Gasteiger partial charge in [-0.15, -0.1) is 0 Å². The van der Waals surface area contributed by atoms with Gasteiger partial charge in [-0.05, 0) is 17.1 Å². The normalized spacial score (nSPS) is 9.87. The van der Waals surface area contributed by atoms with E-state index in [4.69, 9.17) is 10.0 Å². The molecular formula is C9H10BBrO4. The highest BCUT2D eigenvalue weighted by molar-refractivity contribution is 9.10. The van der Waals surface area contributed by atoms with E-state index >= 15 is 0 Å². The molecule has 0 bridgehead atoms. The smallest absolute Gasteiger partial charge is 0.469 e. The zero-order valence-corrected chi connectivity index (χ0v) is 9.69. The summed E-state index contributed by atoms with van der Waals surface area (Å²) in [5, 5.41) is 17.8. The molecule has 0 aliphatic heterocycles. The van der Waals surface area contributed by atoms with Crippen molar-refractivity contribution in [3.63, 3.8) is 0 Å². The molecule has 0 heterocycles. The molecule has 0 fully saturated rings. The van der Waals surface area contributed by atoms with Gasteiger partial charge >= 0.3 is 13.1 Å². The Balaban J connectivity index is 2.88. The van der Waals surface area contributed by atoms with Crippen molar-refractivity contribution in [2.75, 3.05) is 7.11 Å². The maximum atomic E-state index is 11.0. The molecule has 15 heavy (non-hydrogen) atoms. The minimum Gasteiger partial charge on any atom is -0.469 e. The number of carbonyl (C=O) groups excluding carboxylic acids is 1. The minimum atomic E-state index is -1.51. The van der Waals surface area contributed by atoms with Crippen molar-refractivity contribution < 1.29 is 19.6 Å². The van der Waals surface area contributed by atoms with E-state index in [-0.39, 0.29) is 12.4 Å². The molecule has 0 unspecified atom stereocenters. The van der Waals surface area contributed by atoms with Crippen LogP contribution in [-0.2, 0) is 16.0 Å².